The van der Waals surface area contributed by atoms with Crippen LogP contribution in [-0.4, -0.2) is 20.9 Å². The number of amides is 1. The number of aryl methyl sites for hydroxylation is 2. The minimum absolute atomic E-state index is 0.0691. The number of benzene rings is 1. The summed E-state index contributed by atoms with van der Waals surface area (Å²) in [6.45, 7) is 3.84. The van der Waals surface area contributed by atoms with Crippen molar-refractivity contribution in [1.29, 1.82) is 0 Å². The lowest BCUT2D eigenvalue weighted by Gasteiger charge is -2.06. The van der Waals surface area contributed by atoms with E-state index in [1.165, 1.54) is 6.33 Å². The molecule has 0 fully saturated rings. The second-order valence-corrected chi connectivity index (χ2v) is 5.76. The zero-order valence-corrected chi connectivity index (χ0v) is 13.6. The van der Waals surface area contributed by atoms with Gasteiger partial charge >= 0.3 is 5.63 Å². The summed E-state index contributed by atoms with van der Waals surface area (Å²) in [6, 6.07) is 8.49. The van der Waals surface area contributed by atoms with E-state index in [-0.39, 0.29) is 5.76 Å². The highest BCUT2D eigenvalue weighted by molar-refractivity contribution is 6.07. The third-order valence-electron chi connectivity index (χ3n) is 4.22. The predicted molar refractivity (Wildman–Crippen MR) is 93.8 cm³/mol. The predicted octanol–water partition coefficient (Wildman–Crippen LogP) is 2.93. The van der Waals surface area contributed by atoms with E-state index < -0.39 is 11.5 Å². The Morgan fingerprint density at radius 1 is 1.20 bits per heavy atom. The Bertz CT molecular complexity index is 1190. The van der Waals surface area contributed by atoms with Crippen LogP contribution in [0.15, 0.2) is 45.9 Å². The number of rotatable bonds is 2. The number of hydrogen-bond acceptors (Lipinski definition) is 5. The lowest BCUT2D eigenvalue weighted by atomic mass is 10.1. The van der Waals surface area contributed by atoms with Crippen LogP contribution in [0.3, 0.4) is 0 Å². The van der Waals surface area contributed by atoms with E-state index in [4.69, 9.17) is 4.42 Å². The average Bonchev–Trinajstić information content (AvgIpc) is 2.90. The quantitative estimate of drug-likeness (QED) is 0.587. The van der Waals surface area contributed by atoms with Crippen molar-refractivity contribution in [3.05, 3.63) is 64.1 Å². The molecule has 0 radical (unpaired) electrons. The number of hydrogen-bond donors (Lipinski definition) is 2. The first kappa shape index (κ1) is 15.1. The smallest absolute Gasteiger partial charge is 0.344 e. The number of nitrogens with zero attached hydrogens (tertiary/aromatic N) is 2. The Morgan fingerprint density at radius 3 is 2.84 bits per heavy atom. The molecular formula is C18H14N4O3. The largest absolute Gasteiger partial charge is 0.417 e. The molecular weight excluding hydrogens is 320 g/mol. The fraction of sp³-hybridized carbons (Fsp3) is 0.111. The summed E-state index contributed by atoms with van der Waals surface area (Å²) in [7, 11) is 0. The van der Waals surface area contributed by atoms with Gasteiger partial charge in [-0.3, -0.25) is 4.79 Å². The Kier molecular flexibility index (Phi) is 3.35. The van der Waals surface area contributed by atoms with Gasteiger partial charge in [-0.05, 0) is 36.9 Å². The maximum atomic E-state index is 12.6. The first-order valence-corrected chi connectivity index (χ1v) is 7.68. The van der Waals surface area contributed by atoms with E-state index in [1.54, 1.807) is 30.3 Å². The molecule has 7 heteroatoms. The summed E-state index contributed by atoms with van der Waals surface area (Å²) >= 11 is 0. The summed E-state index contributed by atoms with van der Waals surface area (Å²) < 4.78 is 5.15. The lowest BCUT2D eigenvalue weighted by Crippen LogP contribution is -2.16. The van der Waals surface area contributed by atoms with E-state index in [0.717, 1.165) is 16.6 Å². The first-order chi connectivity index (χ1) is 12.0. The number of aromatic amines is 1. The van der Waals surface area contributed by atoms with E-state index in [2.05, 4.69) is 20.3 Å². The van der Waals surface area contributed by atoms with Gasteiger partial charge in [-0.1, -0.05) is 18.2 Å². The average molecular weight is 334 g/mol. The van der Waals surface area contributed by atoms with Crippen molar-refractivity contribution >= 4 is 33.5 Å². The highest BCUT2D eigenvalue weighted by atomic mass is 16.4. The molecule has 1 amide bonds. The molecule has 3 heterocycles. The van der Waals surface area contributed by atoms with E-state index in [0.29, 0.717) is 22.2 Å². The first-order valence-electron chi connectivity index (χ1n) is 7.68. The molecule has 1 aromatic carbocycles. The summed E-state index contributed by atoms with van der Waals surface area (Å²) in [5, 5.41) is 4.51. The van der Waals surface area contributed by atoms with Crippen LogP contribution in [0.25, 0.3) is 21.8 Å². The van der Waals surface area contributed by atoms with Crippen LogP contribution in [0.2, 0.25) is 0 Å². The number of fused-ring (bicyclic) bond motifs is 2. The van der Waals surface area contributed by atoms with Crippen molar-refractivity contribution in [2.45, 2.75) is 13.8 Å². The number of carbonyl (C=O) groups excluding carboxylic acids is 1. The molecule has 124 valence electrons. The maximum absolute atomic E-state index is 12.6. The number of nitrogens with one attached hydrogen (secondary N) is 2. The molecule has 25 heavy (non-hydrogen) atoms. The molecule has 0 aliphatic heterocycles. The fourth-order valence-corrected chi connectivity index (χ4v) is 2.80. The minimum Gasteiger partial charge on any atom is -0.417 e. The third kappa shape index (κ3) is 2.46. The van der Waals surface area contributed by atoms with Crippen molar-refractivity contribution in [2.24, 2.45) is 0 Å². The number of carbonyl (C=O) groups is 1. The molecule has 4 aromatic rings. The summed E-state index contributed by atoms with van der Waals surface area (Å²) in [5.41, 5.74) is 1.99. The molecule has 0 saturated carbocycles. The normalized spacial score (nSPS) is 11.1. The molecule has 4 rings (SSSR count). The Labute approximate surface area is 141 Å². The van der Waals surface area contributed by atoms with E-state index in [9.17, 15) is 9.59 Å². The van der Waals surface area contributed by atoms with Crippen LogP contribution in [-0.2, 0) is 0 Å². The SMILES string of the molecule is Cc1[nH]c2ncnc(NC(=O)c3cc4ccccc4c(=O)o3)c2c1C. The van der Waals surface area contributed by atoms with Gasteiger partial charge in [-0.15, -0.1) is 0 Å². The zero-order chi connectivity index (χ0) is 17.6. The molecule has 0 aliphatic carbocycles. The van der Waals surface area contributed by atoms with Gasteiger partial charge in [0.05, 0.1) is 10.8 Å². The van der Waals surface area contributed by atoms with E-state index >= 15 is 0 Å². The summed E-state index contributed by atoms with van der Waals surface area (Å²) in [5.74, 6) is -0.242. The number of anilines is 1. The van der Waals surface area contributed by atoms with Gasteiger partial charge in [0.15, 0.2) is 5.76 Å². The standard InChI is InChI=1S/C18H14N4O3/c1-9-10(2)21-15-14(9)16(20-8-19-15)22-17(23)13-7-11-5-3-4-6-12(11)18(24)25-13/h3-8H,1-2H3,(H2,19,20,21,22,23). The highest BCUT2D eigenvalue weighted by Gasteiger charge is 2.17. The van der Waals surface area contributed by atoms with Gasteiger partial charge in [-0.25, -0.2) is 14.8 Å². The van der Waals surface area contributed by atoms with Crippen LogP contribution in [0, 0.1) is 13.8 Å². The number of aromatic nitrogens is 3. The summed E-state index contributed by atoms with van der Waals surface area (Å²) in [4.78, 5) is 36.1. The molecule has 0 atom stereocenters. The second kappa shape index (κ2) is 5.55. The van der Waals surface area contributed by atoms with Crippen molar-refractivity contribution in [3.63, 3.8) is 0 Å². The minimum atomic E-state index is -0.551. The maximum Gasteiger partial charge on any atom is 0.344 e. The van der Waals surface area contributed by atoms with Crippen molar-refractivity contribution < 1.29 is 9.21 Å². The second-order valence-electron chi connectivity index (χ2n) is 5.76. The van der Waals surface area contributed by atoms with Gasteiger partial charge < -0.3 is 14.7 Å². The van der Waals surface area contributed by atoms with Gasteiger partial charge in [0.25, 0.3) is 5.91 Å². The Morgan fingerprint density at radius 2 is 2.00 bits per heavy atom. The highest BCUT2D eigenvalue weighted by Crippen LogP contribution is 2.25. The fourth-order valence-electron chi connectivity index (χ4n) is 2.80. The van der Waals surface area contributed by atoms with Gasteiger partial charge in [-0.2, -0.15) is 0 Å². The summed E-state index contributed by atoms with van der Waals surface area (Å²) in [6.07, 6.45) is 1.36. The topological polar surface area (TPSA) is 101 Å². The van der Waals surface area contributed by atoms with Crippen LogP contribution in [0.4, 0.5) is 5.82 Å². The monoisotopic (exact) mass is 334 g/mol. The van der Waals surface area contributed by atoms with Crippen LogP contribution >= 0.6 is 0 Å². The lowest BCUT2D eigenvalue weighted by molar-refractivity contribution is 0.0992. The molecule has 0 unspecified atom stereocenters. The molecule has 2 N–H and O–H groups in total. The molecule has 3 aromatic heterocycles. The van der Waals surface area contributed by atoms with E-state index in [1.807, 2.05) is 13.8 Å². The molecule has 0 spiro atoms. The molecule has 0 aliphatic rings. The zero-order valence-electron chi connectivity index (χ0n) is 13.6. The van der Waals surface area contributed by atoms with Crippen molar-refractivity contribution in [1.82, 2.24) is 15.0 Å². The van der Waals surface area contributed by atoms with Gasteiger partial charge in [0, 0.05) is 5.69 Å². The molecule has 0 bridgehead atoms. The Balaban J connectivity index is 1.77. The molecule has 7 nitrogen and oxygen atoms in total. The van der Waals surface area contributed by atoms with Crippen molar-refractivity contribution in [2.75, 3.05) is 5.32 Å². The Hall–Kier alpha value is -3.48. The van der Waals surface area contributed by atoms with Gasteiger partial charge in [0.2, 0.25) is 0 Å². The van der Waals surface area contributed by atoms with Crippen LogP contribution < -0.4 is 10.9 Å². The van der Waals surface area contributed by atoms with Crippen molar-refractivity contribution in [3.8, 4) is 0 Å². The van der Waals surface area contributed by atoms with Crippen LogP contribution in [0.5, 0.6) is 0 Å². The number of H-pyrrole nitrogens is 1. The third-order valence-corrected chi connectivity index (χ3v) is 4.22. The van der Waals surface area contributed by atoms with Gasteiger partial charge in [0.1, 0.15) is 17.8 Å². The molecule has 0 saturated heterocycles. The van der Waals surface area contributed by atoms with Crippen LogP contribution in [0.1, 0.15) is 21.8 Å².